The van der Waals surface area contributed by atoms with Gasteiger partial charge in [-0.2, -0.15) is 4.31 Å². The molecule has 2 aliphatic rings. The lowest BCUT2D eigenvalue weighted by Crippen LogP contribution is -2.42. The van der Waals surface area contributed by atoms with Crippen LogP contribution in [0, 0.1) is 0 Å². The summed E-state index contributed by atoms with van der Waals surface area (Å²) in [6.07, 6.45) is -1.05. The Hall–Kier alpha value is -2.66. The standard InChI is InChI=1S/C15H17N3O7S/c1-24-14(20)16-10-2-4-12(5-3-10)26(22,23)17-7-6-11(8-17)18-13(19)9-25-15(18)21/h2-5,11H,6-9H2,1H3,(H,16,20). The molecular weight excluding hydrogens is 366 g/mol. The van der Waals surface area contributed by atoms with Crippen molar-refractivity contribution in [3.05, 3.63) is 24.3 Å². The number of rotatable bonds is 4. The monoisotopic (exact) mass is 383 g/mol. The van der Waals surface area contributed by atoms with E-state index in [4.69, 9.17) is 0 Å². The van der Waals surface area contributed by atoms with Crippen molar-refractivity contribution in [3.8, 4) is 0 Å². The van der Waals surface area contributed by atoms with Gasteiger partial charge in [0.25, 0.3) is 5.91 Å². The molecule has 11 heteroatoms. The third-order valence-corrected chi connectivity index (χ3v) is 6.08. The summed E-state index contributed by atoms with van der Waals surface area (Å²) in [5.74, 6) is -0.461. The number of anilines is 1. The highest BCUT2D eigenvalue weighted by atomic mass is 32.2. The smallest absolute Gasteiger partial charge is 0.417 e. The molecule has 2 fully saturated rings. The first-order valence-electron chi connectivity index (χ1n) is 7.77. The first kappa shape index (κ1) is 18.1. The minimum atomic E-state index is -3.79. The molecule has 1 aromatic carbocycles. The fourth-order valence-electron chi connectivity index (χ4n) is 2.88. The van der Waals surface area contributed by atoms with Crippen molar-refractivity contribution in [3.63, 3.8) is 0 Å². The highest BCUT2D eigenvalue weighted by Gasteiger charge is 2.43. The topological polar surface area (TPSA) is 122 Å². The fourth-order valence-corrected chi connectivity index (χ4v) is 4.38. The van der Waals surface area contributed by atoms with Gasteiger partial charge in [-0.05, 0) is 30.7 Å². The predicted molar refractivity (Wildman–Crippen MR) is 87.8 cm³/mol. The van der Waals surface area contributed by atoms with Gasteiger partial charge in [-0.1, -0.05) is 0 Å². The zero-order valence-corrected chi connectivity index (χ0v) is 14.7. The van der Waals surface area contributed by atoms with Gasteiger partial charge in [0, 0.05) is 18.8 Å². The van der Waals surface area contributed by atoms with E-state index in [0.29, 0.717) is 12.1 Å². The molecule has 3 amide bonds. The molecule has 0 spiro atoms. The Morgan fingerprint density at radius 3 is 2.54 bits per heavy atom. The van der Waals surface area contributed by atoms with Gasteiger partial charge < -0.3 is 9.47 Å². The average Bonchev–Trinajstić information content (AvgIpc) is 3.22. The number of imide groups is 1. The molecule has 0 bridgehead atoms. The van der Waals surface area contributed by atoms with E-state index in [-0.39, 0.29) is 24.6 Å². The number of sulfonamides is 1. The molecule has 1 N–H and O–H groups in total. The van der Waals surface area contributed by atoms with Crippen molar-refractivity contribution in [1.82, 2.24) is 9.21 Å². The molecule has 10 nitrogen and oxygen atoms in total. The quantitative estimate of drug-likeness (QED) is 0.808. The summed E-state index contributed by atoms with van der Waals surface area (Å²) in [4.78, 5) is 35.5. The van der Waals surface area contributed by atoms with E-state index in [1.807, 2.05) is 0 Å². The zero-order chi connectivity index (χ0) is 18.9. The Bertz CT molecular complexity index is 821. The van der Waals surface area contributed by atoms with E-state index < -0.39 is 34.2 Å². The highest BCUT2D eigenvalue weighted by Crippen LogP contribution is 2.26. The maximum atomic E-state index is 12.7. The minimum absolute atomic E-state index is 0.0192. The summed E-state index contributed by atoms with van der Waals surface area (Å²) in [7, 11) is -2.57. The molecule has 2 heterocycles. The van der Waals surface area contributed by atoms with Crippen LogP contribution in [0.2, 0.25) is 0 Å². The van der Waals surface area contributed by atoms with Gasteiger partial charge in [0.1, 0.15) is 0 Å². The number of amides is 3. The number of hydrogen-bond acceptors (Lipinski definition) is 7. The average molecular weight is 383 g/mol. The Labute approximate surface area is 149 Å². The van der Waals surface area contributed by atoms with E-state index >= 15 is 0 Å². The lowest BCUT2D eigenvalue weighted by Gasteiger charge is -2.20. The zero-order valence-electron chi connectivity index (χ0n) is 13.9. The molecule has 140 valence electrons. The van der Waals surface area contributed by atoms with Crippen molar-refractivity contribution >= 4 is 33.8 Å². The Morgan fingerprint density at radius 2 is 1.96 bits per heavy atom. The van der Waals surface area contributed by atoms with E-state index in [1.54, 1.807) is 0 Å². The van der Waals surface area contributed by atoms with Gasteiger partial charge in [0.05, 0.1) is 18.0 Å². The maximum absolute atomic E-state index is 12.7. The number of benzene rings is 1. The molecule has 2 saturated heterocycles. The maximum Gasteiger partial charge on any atom is 0.417 e. The van der Waals surface area contributed by atoms with Crippen molar-refractivity contribution in [2.45, 2.75) is 17.4 Å². The van der Waals surface area contributed by atoms with Crippen molar-refractivity contribution in [2.75, 3.05) is 32.1 Å². The van der Waals surface area contributed by atoms with Crippen molar-refractivity contribution in [2.24, 2.45) is 0 Å². The number of nitrogens with zero attached hydrogens (tertiary/aromatic N) is 2. The lowest BCUT2D eigenvalue weighted by molar-refractivity contribution is -0.127. The number of hydrogen-bond donors (Lipinski definition) is 1. The van der Waals surface area contributed by atoms with Gasteiger partial charge in [-0.15, -0.1) is 0 Å². The van der Waals surface area contributed by atoms with Crippen LogP contribution >= 0.6 is 0 Å². The van der Waals surface area contributed by atoms with Gasteiger partial charge in [0.15, 0.2) is 6.61 Å². The predicted octanol–water partition coefficient (Wildman–Crippen LogP) is 0.607. The van der Waals surface area contributed by atoms with Gasteiger partial charge >= 0.3 is 12.2 Å². The van der Waals surface area contributed by atoms with Crippen LogP contribution < -0.4 is 5.32 Å². The van der Waals surface area contributed by atoms with E-state index in [1.165, 1.54) is 35.7 Å². The van der Waals surface area contributed by atoms with Crippen LogP contribution in [0.4, 0.5) is 15.3 Å². The van der Waals surface area contributed by atoms with Gasteiger partial charge in [0.2, 0.25) is 10.0 Å². The molecule has 0 radical (unpaired) electrons. The van der Waals surface area contributed by atoms with Crippen molar-refractivity contribution < 1.29 is 32.3 Å². The first-order chi connectivity index (χ1) is 12.3. The van der Waals surface area contributed by atoms with Gasteiger partial charge in [-0.3, -0.25) is 10.1 Å². The summed E-state index contributed by atoms with van der Waals surface area (Å²) in [6, 6.07) is 5.08. The van der Waals surface area contributed by atoms with Crippen LogP contribution in [-0.4, -0.2) is 68.6 Å². The Balaban J connectivity index is 1.71. The number of carbonyl (C=O) groups is 3. The van der Waals surface area contributed by atoms with E-state index in [0.717, 1.165) is 4.90 Å². The third-order valence-electron chi connectivity index (χ3n) is 4.20. The second-order valence-corrected chi connectivity index (χ2v) is 7.70. The highest BCUT2D eigenvalue weighted by molar-refractivity contribution is 7.89. The Kier molecular flexibility index (Phi) is 4.83. The fraction of sp³-hybridized carbons (Fsp3) is 0.400. The number of ether oxygens (including phenoxy) is 2. The van der Waals surface area contributed by atoms with Gasteiger partial charge in [-0.25, -0.2) is 22.9 Å². The molecular formula is C15H17N3O7S. The van der Waals surface area contributed by atoms with Crippen LogP contribution in [0.3, 0.4) is 0 Å². The third kappa shape index (κ3) is 3.35. The molecule has 1 aromatic rings. The summed E-state index contributed by atoms with van der Waals surface area (Å²) in [6.45, 7) is -0.103. The first-order valence-corrected chi connectivity index (χ1v) is 9.21. The lowest BCUT2D eigenvalue weighted by atomic mass is 10.2. The summed E-state index contributed by atoms with van der Waals surface area (Å²) in [5, 5.41) is 2.43. The largest absolute Gasteiger partial charge is 0.453 e. The summed E-state index contributed by atoms with van der Waals surface area (Å²) >= 11 is 0. The molecule has 2 aliphatic heterocycles. The van der Waals surface area contributed by atoms with Crippen LogP contribution in [0.5, 0.6) is 0 Å². The minimum Gasteiger partial charge on any atom is -0.453 e. The van der Waals surface area contributed by atoms with Crippen LogP contribution in [0.25, 0.3) is 0 Å². The van der Waals surface area contributed by atoms with Crippen LogP contribution in [0.15, 0.2) is 29.2 Å². The summed E-state index contributed by atoms with van der Waals surface area (Å²) < 4.78 is 35.8. The number of nitrogens with one attached hydrogen (secondary N) is 1. The number of methoxy groups -OCH3 is 1. The molecule has 0 aromatic heterocycles. The van der Waals surface area contributed by atoms with Crippen molar-refractivity contribution in [1.29, 1.82) is 0 Å². The van der Waals surface area contributed by atoms with E-state index in [2.05, 4.69) is 14.8 Å². The second kappa shape index (κ2) is 6.92. The van der Waals surface area contributed by atoms with Crippen LogP contribution in [-0.2, 0) is 24.3 Å². The normalized spacial score (nSPS) is 21.0. The number of carbonyl (C=O) groups excluding carboxylic acids is 3. The second-order valence-electron chi connectivity index (χ2n) is 5.76. The molecule has 1 unspecified atom stereocenters. The van der Waals surface area contributed by atoms with Crippen LogP contribution in [0.1, 0.15) is 6.42 Å². The molecule has 0 aliphatic carbocycles. The SMILES string of the molecule is COC(=O)Nc1ccc(S(=O)(=O)N2CCC(N3C(=O)COC3=O)C2)cc1. The molecule has 1 atom stereocenters. The molecule has 26 heavy (non-hydrogen) atoms. The molecule has 3 rings (SSSR count). The Morgan fingerprint density at radius 1 is 1.27 bits per heavy atom. The summed E-state index contributed by atoms with van der Waals surface area (Å²) in [5.41, 5.74) is 0.389. The molecule has 0 saturated carbocycles. The van der Waals surface area contributed by atoms with E-state index in [9.17, 15) is 22.8 Å². The number of cyclic esters (lactones) is 1.